The van der Waals surface area contributed by atoms with Crippen LogP contribution in [-0.2, 0) is 87.9 Å². The number of carbonyl (C=O) groups excluding carboxylic acids is 13. The molecule has 0 saturated carbocycles. The first-order valence-corrected chi connectivity index (χ1v) is 35.1. The molecule has 0 fully saturated rings. The molecule has 40 nitrogen and oxygen atoms in total. The molecule has 1 aromatic carbocycles. The van der Waals surface area contributed by atoms with Crippen LogP contribution >= 0.6 is 0 Å². The first-order valence-electron chi connectivity index (χ1n) is 35.1. The fraction of sp³-hybridized carbons (Fsp3) is 0.627. The zero-order valence-corrected chi connectivity index (χ0v) is 61.6. The summed E-state index contributed by atoms with van der Waals surface area (Å²) < 4.78 is 0. The van der Waals surface area contributed by atoms with E-state index in [1.807, 2.05) is 0 Å². The number of guanidine groups is 2. The van der Waals surface area contributed by atoms with Gasteiger partial charge in [-0.15, -0.1) is 0 Å². The van der Waals surface area contributed by atoms with Crippen molar-refractivity contribution in [3.8, 4) is 0 Å². The van der Waals surface area contributed by atoms with Crippen LogP contribution in [0.1, 0.15) is 164 Å². The van der Waals surface area contributed by atoms with Crippen molar-refractivity contribution in [1.82, 2.24) is 63.8 Å². The molecule has 1 rings (SSSR count). The van der Waals surface area contributed by atoms with Crippen molar-refractivity contribution in [2.45, 2.75) is 231 Å². The van der Waals surface area contributed by atoms with Gasteiger partial charge >= 0.3 is 23.9 Å². The summed E-state index contributed by atoms with van der Waals surface area (Å²) in [5.74, 6) is -21.1. The maximum absolute atomic E-state index is 14.6. The minimum Gasteiger partial charge on any atom is -0.481 e. The van der Waals surface area contributed by atoms with Gasteiger partial charge in [-0.3, -0.25) is 86.7 Å². The number of carbonyl (C=O) groups is 17. The Hall–Kier alpha value is -11.3. The van der Waals surface area contributed by atoms with Crippen LogP contribution in [-0.4, -0.2) is 219 Å². The minimum atomic E-state index is -1.99. The fourth-order valence-electron chi connectivity index (χ4n) is 10.3. The second kappa shape index (κ2) is 49.5. The second-order valence-corrected chi connectivity index (χ2v) is 26.1. The van der Waals surface area contributed by atoms with Gasteiger partial charge in [-0.2, -0.15) is 0 Å². The number of amides is 13. The Labute approximate surface area is 619 Å². The van der Waals surface area contributed by atoms with E-state index in [4.69, 9.17) is 28.7 Å². The SMILES string of the molecule is CCCC(=O)N[C@H](C(=O)N[C@@H](C)C(=O)N[C@@H](CCC(N)=O)C(=O)N[C@@H](CCC(=O)O)C(=O)N[C@@H](CC(C)C)C(=O)N[C@@H](CCCN=C(N)N)C(=O)N[C@@H](CCCN=C(N)N)C(=O)N[C@H](C(=O)NCC(=O)N[C@@H](CC(=O)O)C(=O)N[C@@H](CCC(=O)O)C(=O)N[C@@H](Cc1ccccc1)C(=O)O)[C@@H](C)CC)[C@@H](C)CC. The molecule has 26 N–H and O–H groups in total. The molecular weight excluding hydrogens is 1410 g/mol. The molecule has 0 radical (unpaired) electrons. The maximum Gasteiger partial charge on any atom is 0.326 e. The average molecular weight is 1520 g/mol. The van der Waals surface area contributed by atoms with Gasteiger partial charge in [0.2, 0.25) is 76.8 Å². The third-order valence-electron chi connectivity index (χ3n) is 16.6. The molecule has 40 heteroatoms. The Morgan fingerprint density at radius 1 is 0.402 bits per heavy atom. The van der Waals surface area contributed by atoms with Gasteiger partial charge in [-0.05, 0) is 88.0 Å². The molecule has 0 aromatic heterocycles. The van der Waals surface area contributed by atoms with Crippen LogP contribution in [0.15, 0.2) is 40.3 Å². The summed E-state index contributed by atoms with van der Waals surface area (Å²) in [5, 5.41) is 67.8. The smallest absolute Gasteiger partial charge is 0.326 e. The Balaban J connectivity index is 3.67. The van der Waals surface area contributed by atoms with Gasteiger partial charge in [-0.1, -0.05) is 91.6 Å². The summed E-state index contributed by atoms with van der Waals surface area (Å²) in [4.78, 5) is 234. The normalized spacial score (nSPS) is 14.6. The van der Waals surface area contributed by atoms with Crippen molar-refractivity contribution < 1.29 is 102 Å². The summed E-state index contributed by atoms with van der Waals surface area (Å²) >= 11 is 0. The van der Waals surface area contributed by atoms with Crippen LogP contribution in [0.4, 0.5) is 0 Å². The number of aliphatic imine (C=N–C) groups is 2. The molecule has 0 unspecified atom stereocenters. The monoisotopic (exact) mass is 1520 g/mol. The Kier molecular flexibility index (Phi) is 43.3. The molecular formula is C67H109N19O21. The van der Waals surface area contributed by atoms with Crippen molar-refractivity contribution in [2.75, 3.05) is 19.6 Å². The van der Waals surface area contributed by atoms with E-state index in [-0.39, 0.29) is 82.3 Å². The van der Waals surface area contributed by atoms with E-state index >= 15 is 0 Å². The van der Waals surface area contributed by atoms with Crippen molar-refractivity contribution >= 4 is 113 Å². The van der Waals surface area contributed by atoms with E-state index in [2.05, 4.69) is 73.8 Å². The number of primary amides is 1. The van der Waals surface area contributed by atoms with E-state index in [0.717, 1.165) is 0 Å². The first-order chi connectivity index (χ1) is 50.2. The van der Waals surface area contributed by atoms with Crippen molar-refractivity contribution in [2.24, 2.45) is 56.4 Å². The van der Waals surface area contributed by atoms with Gasteiger partial charge in [0.1, 0.15) is 66.5 Å². The Morgan fingerprint density at radius 2 is 0.804 bits per heavy atom. The second-order valence-electron chi connectivity index (χ2n) is 26.1. The van der Waals surface area contributed by atoms with E-state index in [0.29, 0.717) is 18.4 Å². The van der Waals surface area contributed by atoms with Gasteiger partial charge in [-0.25, -0.2) is 4.79 Å². The number of benzene rings is 1. The van der Waals surface area contributed by atoms with Gasteiger partial charge in [0, 0.05) is 45.2 Å². The summed E-state index contributed by atoms with van der Waals surface area (Å²) in [6.45, 7) is 11.9. The summed E-state index contributed by atoms with van der Waals surface area (Å²) in [5.41, 5.74) is 28.1. The first kappa shape index (κ1) is 93.8. The number of hydrogen-bond donors (Lipinski definition) is 21. The number of aliphatic carboxylic acids is 4. The number of rotatable bonds is 53. The summed E-state index contributed by atoms with van der Waals surface area (Å²) in [6.07, 6.45) is -4.44. The number of carboxylic acid groups (broad SMARTS) is 4. The van der Waals surface area contributed by atoms with Crippen LogP contribution in [0.25, 0.3) is 0 Å². The van der Waals surface area contributed by atoms with Crippen LogP contribution in [0.3, 0.4) is 0 Å². The molecule has 0 heterocycles. The lowest BCUT2D eigenvalue weighted by Crippen LogP contribution is -2.60. The zero-order valence-electron chi connectivity index (χ0n) is 61.6. The minimum absolute atomic E-state index is 0.0108. The molecule has 13 amide bonds. The largest absolute Gasteiger partial charge is 0.481 e. The van der Waals surface area contributed by atoms with E-state index in [9.17, 15) is 102 Å². The predicted octanol–water partition coefficient (Wildman–Crippen LogP) is -4.70. The zero-order chi connectivity index (χ0) is 81.2. The molecule has 0 aliphatic rings. The topological polar surface area (TPSA) is 670 Å². The molecule has 0 aliphatic carbocycles. The lowest BCUT2D eigenvalue weighted by Gasteiger charge is -2.29. The van der Waals surface area contributed by atoms with E-state index < -0.39 is 230 Å². The molecule has 0 spiro atoms. The quantitative estimate of drug-likeness (QED) is 0.0166. The number of hydrogen-bond acceptors (Lipinski definition) is 19. The summed E-state index contributed by atoms with van der Waals surface area (Å²) in [7, 11) is 0. The molecule has 0 aliphatic heterocycles. The van der Waals surface area contributed by atoms with Gasteiger partial charge in [0.05, 0.1) is 13.0 Å². The van der Waals surface area contributed by atoms with Crippen LogP contribution in [0, 0.1) is 17.8 Å². The number of carboxylic acids is 4. The molecule has 1 aromatic rings. The number of nitrogens with zero attached hydrogens (tertiary/aromatic N) is 2. The number of nitrogens with one attached hydrogen (secondary N) is 12. The molecule has 107 heavy (non-hydrogen) atoms. The third kappa shape index (κ3) is 38.4. The van der Waals surface area contributed by atoms with E-state index in [1.165, 1.54) is 13.8 Å². The predicted molar refractivity (Wildman–Crippen MR) is 385 cm³/mol. The Bertz CT molecular complexity index is 3280. The van der Waals surface area contributed by atoms with Gasteiger partial charge < -0.3 is 113 Å². The molecule has 0 saturated heterocycles. The molecule has 13 atom stereocenters. The summed E-state index contributed by atoms with van der Waals surface area (Å²) in [6, 6.07) is -9.33. The van der Waals surface area contributed by atoms with Crippen molar-refractivity contribution in [3.05, 3.63) is 35.9 Å². The van der Waals surface area contributed by atoms with Crippen molar-refractivity contribution in [3.63, 3.8) is 0 Å². The highest BCUT2D eigenvalue weighted by Crippen LogP contribution is 2.15. The highest BCUT2D eigenvalue weighted by molar-refractivity contribution is 6.00. The lowest BCUT2D eigenvalue weighted by molar-refractivity contribution is -0.143. The molecule has 0 bridgehead atoms. The maximum atomic E-state index is 14.6. The van der Waals surface area contributed by atoms with Crippen LogP contribution < -0.4 is 92.5 Å². The molecule has 598 valence electrons. The van der Waals surface area contributed by atoms with Crippen molar-refractivity contribution in [1.29, 1.82) is 0 Å². The van der Waals surface area contributed by atoms with Crippen LogP contribution in [0.2, 0.25) is 0 Å². The third-order valence-corrected chi connectivity index (χ3v) is 16.6. The van der Waals surface area contributed by atoms with Gasteiger partial charge in [0.25, 0.3) is 0 Å². The lowest BCUT2D eigenvalue weighted by atomic mass is 9.97. The fourth-order valence-corrected chi connectivity index (χ4v) is 10.3. The number of nitrogens with two attached hydrogens (primary N) is 5. The Morgan fingerprint density at radius 3 is 1.21 bits per heavy atom. The van der Waals surface area contributed by atoms with E-state index in [1.54, 1.807) is 71.9 Å². The average Bonchev–Trinajstić information content (AvgIpc) is 0.835. The highest BCUT2D eigenvalue weighted by Gasteiger charge is 2.38. The standard InChI is InChI=1S/C67H109N19O21/c1-9-17-48(88)85-54(36(7)11-3)64(105)76-37(8)55(96)78-41(22-25-47(68)87)57(98)81-42(23-26-50(90)91)58(99)83-44(30-34(4)5)61(102)80-39(20-15-28-73-66(69)70)56(97)79-40(21-16-29-74-67(71)72)60(101)86-53(35(6)10-2)63(104)75-33-49(89)77-45(32-52(94)95)62(103)82-43(24-27-51(92)93)59(100)84-46(65(106)107)31-38-18-13-12-14-19-38/h12-14,18-19,34-37,39-46,53-54H,9-11,15-17,20-33H2,1-8H3,(H2,68,87)(H,75,104)(H,76,105)(H,77,89)(H,78,96)(H,79,97)(H,80,102)(H,81,98)(H,82,103)(H,83,99)(H,84,100)(H,85,88)(H,86,101)(H,90,91)(H,92,93)(H,94,95)(H,106,107)(H4,69,70,73)(H4,71,72,74)/t35-,36-,37-,39-,40-,41-,42-,43-,44-,45-,46-,53-,54-/m0/s1. The van der Waals surface area contributed by atoms with Crippen LogP contribution in [0.5, 0.6) is 0 Å². The van der Waals surface area contributed by atoms with Gasteiger partial charge in [0.15, 0.2) is 11.9 Å². The highest BCUT2D eigenvalue weighted by atomic mass is 16.4.